The highest BCUT2D eigenvalue weighted by Gasteiger charge is 2.15. The van der Waals surface area contributed by atoms with Gasteiger partial charge in [-0.1, -0.05) is 6.07 Å². The summed E-state index contributed by atoms with van der Waals surface area (Å²) < 4.78 is 14.3. The Morgan fingerprint density at radius 3 is 2.68 bits per heavy atom. The molecule has 0 aliphatic rings. The first kappa shape index (κ1) is 11.8. The molecule has 0 atom stereocenters. The Kier molecular flexibility index (Phi) is 2.59. The summed E-state index contributed by atoms with van der Waals surface area (Å²) in [5.74, 6) is -0.334. The third kappa shape index (κ3) is 1.89. The maximum atomic E-state index is 13.8. The molecule has 8 heteroatoms. The van der Waals surface area contributed by atoms with E-state index in [1.54, 1.807) is 12.1 Å². The molecule has 2 heterocycles. The highest BCUT2D eigenvalue weighted by molar-refractivity contribution is 9.10. The van der Waals surface area contributed by atoms with Crippen molar-refractivity contribution in [2.24, 2.45) is 0 Å². The van der Waals surface area contributed by atoms with Crippen LogP contribution in [0.2, 0.25) is 0 Å². The van der Waals surface area contributed by atoms with E-state index in [0.717, 1.165) is 0 Å². The van der Waals surface area contributed by atoms with Gasteiger partial charge in [-0.2, -0.15) is 0 Å². The third-order valence-electron chi connectivity index (χ3n) is 2.59. The lowest BCUT2D eigenvalue weighted by Crippen LogP contribution is -2.21. The number of hydrogen-bond donors (Lipinski definition) is 3. The van der Waals surface area contributed by atoms with Crippen LogP contribution in [0.5, 0.6) is 0 Å². The summed E-state index contributed by atoms with van der Waals surface area (Å²) in [6, 6.07) is 4.47. The van der Waals surface area contributed by atoms with Gasteiger partial charge < -0.3 is 4.98 Å². The van der Waals surface area contributed by atoms with Gasteiger partial charge in [0, 0.05) is 4.47 Å². The Hall–Kier alpha value is -2.22. The maximum absolute atomic E-state index is 13.8. The lowest BCUT2D eigenvalue weighted by molar-refractivity contribution is 0.629. The number of nitrogens with zero attached hydrogens (tertiary/aromatic N) is 1. The number of H-pyrrole nitrogens is 3. The van der Waals surface area contributed by atoms with Crippen molar-refractivity contribution in [3.05, 3.63) is 49.3 Å². The topological polar surface area (TPSA) is 94.4 Å². The molecule has 0 fully saturated rings. The molecular formula is C11H6BrFN4O2. The van der Waals surface area contributed by atoms with Gasteiger partial charge in [-0.3, -0.25) is 14.8 Å². The van der Waals surface area contributed by atoms with Gasteiger partial charge in [0.2, 0.25) is 0 Å². The molecule has 0 aliphatic heterocycles. The molecule has 0 radical (unpaired) electrons. The van der Waals surface area contributed by atoms with Crippen LogP contribution in [0.4, 0.5) is 4.39 Å². The van der Waals surface area contributed by atoms with E-state index in [-0.39, 0.29) is 22.6 Å². The zero-order valence-corrected chi connectivity index (χ0v) is 10.8. The summed E-state index contributed by atoms with van der Waals surface area (Å²) in [6.07, 6.45) is 0. The third-order valence-corrected chi connectivity index (χ3v) is 3.25. The Morgan fingerprint density at radius 1 is 1.16 bits per heavy atom. The Balaban J connectivity index is 2.36. The van der Waals surface area contributed by atoms with Crippen LogP contribution in [0.3, 0.4) is 0 Å². The van der Waals surface area contributed by atoms with Gasteiger partial charge in [-0.05, 0) is 28.1 Å². The SMILES string of the molecule is O=c1[nH]c(=O)c2[nH]c(-c3c(F)cccc3Br)nc2[nH]1. The lowest BCUT2D eigenvalue weighted by atomic mass is 10.2. The minimum atomic E-state index is -0.664. The summed E-state index contributed by atoms with van der Waals surface area (Å²) >= 11 is 3.22. The molecule has 0 saturated heterocycles. The van der Waals surface area contributed by atoms with Gasteiger partial charge in [-0.15, -0.1) is 0 Å². The fourth-order valence-electron chi connectivity index (χ4n) is 1.77. The summed E-state index contributed by atoms with van der Waals surface area (Å²) in [5.41, 5.74) is -0.907. The molecule has 3 aromatic rings. The fraction of sp³-hybridized carbons (Fsp3) is 0. The van der Waals surface area contributed by atoms with Gasteiger partial charge in [0.15, 0.2) is 5.65 Å². The average Bonchev–Trinajstić information content (AvgIpc) is 2.72. The molecule has 3 rings (SSSR count). The van der Waals surface area contributed by atoms with E-state index >= 15 is 0 Å². The number of halogens is 2. The van der Waals surface area contributed by atoms with Crippen molar-refractivity contribution >= 4 is 27.1 Å². The Labute approximate surface area is 112 Å². The van der Waals surface area contributed by atoms with E-state index in [0.29, 0.717) is 4.47 Å². The van der Waals surface area contributed by atoms with Crippen LogP contribution in [0.25, 0.3) is 22.6 Å². The number of fused-ring (bicyclic) bond motifs is 1. The van der Waals surface area contributed by atoms with Crippen LogP contribution in [-0.4, -0.2) is 19.9 Å². The standard InChI is InChI=1S/C11H6BrFN4O2/c12-4-2-1-3-5(13)6(4)8-14-7-9(15-8)16-11(19)17-10(7)18/h1-3H,(H3,14,15,16,17,18,19). The second-order valence-corrected chi connectivity index (χ2v) is 4.67. The van der Waals surface area contributed by atoms with Crippen LogP contribution in [-0.2, 0) is 0 Å². The monoisotopic (exact) mass is 324 g/mol. The van der Waals surface area contributed by atoms with Crippen molar-refractivity contribution in [3.8, 4) is 11.4 Å². The summed E-state index contributed by atoms with van der Waals surface area (Å²) in [4.78, 5) is 33.8. The quantitative estimate of drug-likeness (QED) is 0.633. The van der Waals surface area contributed by atoms with E-state index < -0.39 is 17.1 Å². The molecule has 0 spiro atoms. The van der Waals surface area contributed by atoms with Crippen LogP contribution in [0, 0.1) is 5.82 Å². The highest BCUT2D eigenvalue weighted by Crippen LogP contribution is 2.29. The Morgan fingerprint density at radius 2 is 1.95 bits per heavy atom. The van der Waals surface area contributed by atoms with Crippen LogP contribution < -0.4 is 11.2 Å². The first-order valence-electron chi connectivity index (χ1n) is 5.23. The van der Waals surface area contributed by atoms with E-state index in [1.807, 2.05) is 0 Å². The van der Waals surface area contributed by atoms with E-state index in [1.165, 1.54) is 6.07 Å². The summed E-state index contributed by atoms with van der Waals surface area (Å²) in [7, 11) is 0. The van der Waals surface area contributed by atoms with Crippen molar-refractivity contribution in [2.45, 2.75) is 0 Å². The van der Waals surface area contributed by atoms with E-state index in [9.17, 15) is 14.0 Å². The predicted octanol–water partition coefficient (Wildman–Crippen LogP) is 1.51. The first-order valence-corrected chi connectivity index (χ1v) is 6.02. The average molecular weight is 325 g/mol. The van der Waals surface area contributed by atoms with Crippen molar-refractivity contribution in [1.82, 2.24) is 19.9 Å². The van der Waals surface area contributed by atoms with Crippen LogP contribution >= 0.6 is 15.9 Å². The molecule has 0 saturated carbocycles. The molecule has 0 aliphatic carbocycles. The summed E-state index contributed by atoms with van der Waals surface area (Å²) in [6.45, 7) is 0. The number of aromatic amines is 3. The smallest absolute Gasteiger partial charge is 0.327 e. The molecule has 6 nitrogen and oxygen atoms in total. The maximum Gasteiger partial charge on any atom is 0.327 e. The number of hydrogen-bond acceptors (Lipinski definition) is 3. The molecule has 19 heavy (non-hydrogen) atoms. The number of aromatic nitrogens is 4. The second-order valence-electron chi connectivity index (χ2n) is 3.81. The summed E-state index contributed by atoms with van der Waals surface area (Å²) in [5, 5.41) is 0. The van der Waals surface area contributed by atoms with Crippen molar-refractivity contribution in [2.75, 3.05) is 0 Å². The molecule has 96 valence electrons. The van der Waals surface area contributed by atoms with Gasteiger partial charge >= 0.3 is 5.69 Å². The van der Waals surface area contributed by atoms with Crippen LogP contribution in [0.1, 0.15) is 0 Å². The van der Waals surface area contributed by atoms with Crippen LogP contribution in [0.15, 0.2) is 32.3 Å². The largest absolute Gasteiger partial charge is 0.332 e. The Bertz CT molecular complexity index is 875. The molecule has 0 amide bonds. The molecule has 3 N–H and O–H groups in total. The lowest BCUT2D eigenvalue weighted by Gasteiger charge is -2.01. The second kappa shape index (κ2) is 4.16. The minimum absolute atomic E-state index is 0.0823. The minimum Gasteiger partial charge on any atom is -0.332 e. The number of benzene rings is 1. The number of imidazole rings is 1. The molecule has 0 bridgehead atoms. The van der Waals surface area contributed by atoms with E-state index in [4.69, 9.17) is 0 Å². The van der Waals surface area contributed by atoms with Gasteiger partial charge in [0.25, 0.3) is 5.56 Å². The number of rotatable bonds is 1. The van der Waals surface area contributed by atoms with Gasteiger partial charge in [0.05, 0.1) is 5.56 Å². The van der Waals surface area contributed by atoms with E-state index in [2.05, 4.69) is 35.9 Å². The highest BCUT2D eigenvalue weighted by atomic mass is 79.9. The van der Waals surface area contributed by atoms with Gasteiger partial charge in [-0.25, -0.2) is 14.2 Å². The molecule has 2 aromatic heterocycles. The molecule has 1 aromatic carbocycles. The molecule has 0 unspecified atom stereocenters. The fourth-order valence-corrected chi connectivity index (χ4v) is 2.30. The van der Waals surface area contributed by atoms with Crippen molar-refractivity contribution < 1.29 is 4.39 Å². The molecular weight excluding hydrogens is 319 g/mol. The van der Waals surface area contributed by atoms with Gasteiger partial charge in [0.1, 0.15) is 17.2 Å². The van der Waals surface area contributed by atoms with Crippen molar-refractivity contribution in [1.29, 1.82) is 0 Å². The first-order chi connectivity index (χ1) is 9.06. The van der Waals surface area contributed by atoms with Crippen molar-refractivity contribution in [3.63, 3.8) is 0 Å². The zero-order valence-electron chi connectivity index (χ0n) is 9.25. The normalized spacial score (nSPS) is 11.1. The number of nitrogens with one attached hydrogen (secondary N) is 3. The predicted molar refractivity (Wildman–Crippen MR) is 70.4 cm³/mol. The zero-order chi connectivity index (χ0) is 13.6.